The van der Waals surface area contributed by atoms with Crippen molar-refractivity contribution in [3.63, 3.8) is 0 Å². The SMILES string of the molecule is CN1[C@H]2CC[C@@H]1[C@H](OC(=O)C13CC4CC(CC(C4)C1)C3)CC2. The first kappa shape index (κ1) is 13.8. The van der Waals surface area contributed by atoms with Crippen LogP contribution in [0.4, 0.5) is 0 Å². The normalized spacial score (nSPS) is 53.0. The number of esters is 1. The van der Waals surface area contributed by atoms with Gasteiger partial charge in [0.05, 0.1) is 5.41 Å². The molecule has 6 bridgehead atoms. The fraction of sp³-hybridized carbons (Fsp3) is 0.947. The van der Waals surface area contributed by atoms with Gasteiger partial charge in [-0.15, -0.1) is 0 Å². The number of carbonyl (C=O) groups excluding carboxylic acids is 1. The molecule has 2 heterocycles. The molecule has 6 rings (SSSR count). The molecule has 22 heavy (non-hydrogen) atoms. The Kier molecular flexibility index (Phi) is 2.97. The Hall–Kier alpha value is -0.570. The van der Waals surface area contributed by atoms with Crippen LogP contribution in [0.5, 0.6) is 0 Å². The third-order valence-corrected chi connectivity index (χ3v) is 7.84. The molecule has 122 valence electrons. The van der Waals surface area contributed by atoms with E-state index in [4.69, 9.17) is 4.74 Å². The fourth-order valence-electron chi connectivity index (χ4n) is 7.15. The third-order valence-electron chi connectivity index (χ3n) is 7.84. The first-order valence-electron chi connectivity index (χ1n) is 9.56. The number of carbonyl (C=O) groups is 1. The van der Waals surface area contributed by atoms with E-state index in [0.29, 0.717) is 6.04 Å². The maximum Gasteiger partial charge on any atom is 0.312 e. The van der Waals surface area contributed by atoms with E-state index in [1.807, 2.05) is 0 Å². The summed E-state index contributed by atoms with van der Waals surface area (Å²) in [5, 5.41) is 0. The number of rotatable bonds is 2. The van der Waals surface area contributed by atoms with Gasteiger partial charge in [-0.25, -0.2) is 0 Å². The van der Waals surface area contributed by atoms with Crippen LogP contribution in [0.3, 0.4) is 0 Å². The van der Waals surface area contributed by atoms with Crippen LogP contribution in [0.25, 0.3) is 0 Å². The molecule has 6 aliphatic rings. The van der Waals surface area contributed by atoms with Gasteiger partial charge in [0, 0.05) is 12.1 Å². The van der Waals surface area contributed by atoms with Crippen molar-refractivity contribution in [3.8, 4) is 0 Å². The van der Waals surface area contributed by atoms with Crippen LogP contribution in [0, 0.1) is 23.2 Å². The summed E-state index contributed by atoms with van der Waals surface area (Å²) in [6, 6.07) is 1.25. The lowest BCUT2D eigenvalue weighted by atomic mass is 9.49. The second-order valence-electron chi connectivity index (χ2n) is 9.18. The Balaban J connectivity index is 1.33. The molecule has 0 aromatic heterocycles. The van der Waals surface area contributed by atoms with Gasteiger partial charge in [-0.1, -0.05) is 0 Å². The van der Waals surface area contributed by atoms with Crippen LogP contribution in [-0.2, 0) is 9.53 Å². The second-order valence-corrected chi connectivity index (χ2v) is 9.18. The van der Waals surface area contributed by atoms with Gasteiger partial charge in [-0.2, -0.15) is 0 Å². The van der Waals surface area contributed by atoms with E-state index in [1.54, 1.807) is 0 Å². The molecule has 4 aliphatic carbocycles. The fourth-order valence-corrected chi connectivity index (χ4v) is 7.15. The average molecular weight is 303 g/mol. The molecule has 0 N–H and O–H groups in total. The third kappa shape index (κ3) is 1.93. The van der Waals surface area contributed by atoms with E-state index < -0.39 is 0 Å². The maximum atomic E-state index is 13.1. The summed E-state index contributed by atoms with van der Waals surface area (Å²) in [6.45, 7) is 0. The minimum absolute atomic E-state index is 0.0806. The highest BCUT2D eigenvalue weighted by molar-refractivity contribution is 5.77. The van der Waals surface area contributed by atoms with Crippen molar-refractivity contribution in [1.29, 1.82) is 0 Å². The quantitative estimate of drug-likeness (QED) is 0.733. The van der Waals surface area contributed by atoms with Crippen molar-refractivity contribution in [1.82, 2.24) is 4.90 Å². The van der Waals surface area contributed by atoms with Crippen LogP contribution in [0.1, 0.15) is 64.2 Å². The van der Waals surface area contributed by atoms with Gasteiger partial charge in [0.2, 0.25) is 0 Å². The summed E-state index contributed by atoms with van der Waals surface area (Å²) in [7, 11) is 2.23. The highest BCUT2D eigenvalue weighted by Crippen LogP contribution is 2.60. The molecule has 0 spiro atoms. The van der Waals surface area contributed by atoms with Crippen molar-refractivity contribution in [3.05, 3.63) is 0 Å². The predicted octanol–water partition coefficient (Wildman–Crippen LogP) is 3.37. The first-order chi connectivity index (χ1) is 10.6. The van der Waals surface area contributed by atoms with Crippen molar-refractivity contribution in [2.24, 2.45) is 23.2 Å². The molecule has 3 atom stereocenters. The summed E-state index contributed by atoms with van der Waals surface area (Å²) >= 11 is 0. The highest BCUT2D eigenvalue weighted by Gasteiger charge is 2.56. The van der Waals surface area contributed by atoms with Crippen LogP contribution in [-0.4, -0.2) is 36.1 Å². The van der Waals surface area contributed by atoms with Gasteiger partial charge in [0.1, 0.15) is 6.10 Å². The van der Waals surface area contributed by atoms with Crippen molar-refractivity contribution >= 4 is 5.97 Å². The van der Waals surface area contributed by atoms with Gasteiger partial charge in [-0.05, 0) is 89.0 Å². The Bertz CT molecular complexity index is 453. The molecule has 2 aliphatic heterocycles. The van der Waals surface area contributed by atoms with Crippen molar-refractivity contribution < 1.29 is 9.53 Å². The minimum atomic E-state index is -0.0806. The Labute approximate surface area is 133 Å². The predicted molar refractivity (Wildman–Crippen MR) is 84.3 cm³/mol. The van der Waals surface area contributed by atoms with Gasteiger partial charge >= 0.3 is 5.97 Å². The number of ether oxygens (including phenoxy) is 1. The zero-order valence-electron chi connectivity index (χ0n) is 13.8. The topological polar surface area (TPSA) is 29.5 Å². The Morgan fingerprint density at radius 1 is 0.955 bits per heavy atom. The summed E-state index contributed by atoms with van der Waals surface area (Å²) in [6.07, 6.45) is 12.6. The summed E-state index contributed by atoms with van der Waals surface area (Å²) in [5.41, 5.74) is -0.0806. The summed E-state index contributed by atoms with van der Waals surface area (Å²) < 4.78 is 6.20. The number of hydrogen-bond donors (Lipinski definition) is 0. The molecule has 3 nitrogen and oxygen atoms in total. The van der Waals surface area contributed by atoms with Crippen LogP contribution in [0.15, 0.2) is 0 Å². The van der Waals surface area contributed by atoms with E-state index in [0.717, 1.165) is 49.5 Å². The second kappa shape index (κ2) is 4.72. The molecule has 4 saturated carbocycles. The summed E-state index contributed by atoms with van der Waals surface area (Å²) in [4.78, 5) is 15.6. The Morgan fingerprint density at radius 3 is 2.18 bits per heavy atom. The zero-order valence-corrected chi connectivity index (χ0v) is 13.8. The number of piperidine rings is 1. The lowest BCUT2D eigenvalue weighted by Crippen LogP contribution is -2.53. The maximum absolute atomic E-state index is 13.1. The molecular formula is C19H29NO2. The van der Waals surface area contributed by atoms with Crippen molar-refractivity contribution in [2.45, 2.75) is 82.4 Å². The largest absolute Gasteiger partial charge is 0.460 e. The molecule has 0 aromatic rings. The van der Waals surface area contributed by atoms with E-state index in [9.17, 15) is 4.79 Å². The van der Waals surface area contributed by atoms with E-state index >= 15 is 0 Å². The van der Waals surface area contributed by atoms with Crippen molar-refractivity contribution in [2.75, 3.05) is 7.05 Å². The van der Waals surface area contributed by atoms with E-state index in [-0.39, 0.29) is 17.5 Å². The summed E-state index contributed by atoms with van der Waals surface area (Å²) in [5.74, 6) is 2.66. The molecule has 3 heteroatoms. The molecule has 0 aromatic carbocycles. The minimum Gasteiger partial charge on any atom is -0.460 e. The van der Waals surface area contributed by atoms with E-state index in [1.165, 1.54) is 38.5 Å². The average Bonchev–Trinajstić information content (AvgIpc) is 2.70. The van der Waals surface area contributed by atoms with Gasteiger partial charge in [0.15, 0.2) is 0 Å². The van der Waals surface area contributed by atoms with E-state index in [2.05, 4.69) is 11.9 Å². The number of hydrogen-bond acceptors (Lipinski definition) is 3. The standard InChI is InChI=1S/C19H29NO2/c1-20-15-2-4-16(20)17(5-3-15)22-18(21)19-9-12-6-13(10-19)8-14(7-12)11-19/h12-17H,2-11H2,1H3/t12?,13?,14?,15-,16+,17+,19?/m0/s1. The number of nitrogens with zero attached hydrogens (tertiary/aromatic N) is 1. The van der Waals surface area contributed by atoms with Gasteiger partial charge < -0.3 is 4.74 Å². The smallest absolute Gasteiger partial charge is 0.312 e. The lowest BCUT2D eigenvalue weighted by Gasteiger charge is -2.55. The monoisotopic (exact) mass is 303 g/mol. The lowest BCUT2D eigenvalue weighted by molar-refractivity contribution is -0.181. The molecular weight excluding hydrogens is 274 g/mol. The molecule has 0 radical (unpaired) electrons. The van der Waals surface area contributed by atoms with Crippen LogP contribution < -0.4 is 0 Å². The van der Waals surface area contributed by atoms with Crippen LogP contribution in [0.2, 0.25) is 0 Å². The molecule has 6 fully saturated rings. The zero-order chi connectivity index (χ0) is 14.9. The molecule has 0 unspecified atom stereocenters. The van der Waals surface area contributed by atoms with Gasteiger partial charge in [0.25, 0.3) is 0 Å². The van der Waals surface area contributed by atoms with Crippen LogP contribution >= 0.6 is 0 Å². The Morgan fingerprint density at radius 2 is 1.55 bits per heavy atom. The number of likely N-dealkylation sites (N-methyl/N-ethyl adjacent to an activating group) is 1. The number of fused-ring (bicyclic) bond motifs is 2. The van der Waals surface area contributed by atoms with Gasteiger partial charge in [-0.3, -0.25) is 9.69 Å². The first-order valence-corrected chi connectivity index (χ1v) is 9.56. The highest BCUT2D eigenvalue weighted by atomic mass is 16.5. The molecule has 0 amide bonds. The molecule has 2 saturated heterocycles.